The molecule has 4 nitrogen and oxygen atoms in total. The molecule has 1 aromatic rings. The van der Waals surface area contributed by atoms with Crippen LogP contribution in [0.2, 0.25) is 0 Å². The molecule has 0 unspecified atom stereocenters. The molecular weight excluding hydrogens is 180 g/mol. The molecule has 1 aromatic heterocycles. The van der Waals surface area contributed by atoms with Gasteiger partial charge in [0, 0.05) is 6.07 Å². The van der Waals surface area contributed by atoms with Crippen molar-refractivity contribution >= 4 is 17.3 Å². The van der Waals surface area contributed by atoms with Crippen molar-refractivity contribution in [2.75, 3.05) is 14.2 Å². The normalized spacial score (nSPS) is 9.50. The van der Waals surface area contributed by atoms with E-state index in [9.17, 15) is 9.90 Å². The second kappa shape index (κ2) is 3.44. The van der Waals surface area contributed by atoms with Gasteiger partial charge in [-0.25, -0.2) is 4.79 Å². The monoisotopic (exact) mass is 188 g/mol. The number of rotatable bonds is 2. The highest BCUT2D eigenvalue weighted by Gasteiger charge is 2.16. The lowest BCUT2D eigenvalue weighted by Gasteiger charge is -1.93. The van der Waals surface area contributed by atoms with Crippen molar-refractivity contribution in [2.45, 2.75) is 0 Å². The maximum absolute atomic E-state index is 10.9. The van der Waals surface area contributed by atoms with Gasteiger partial charge in [-0.3, -0.25) is 0 Å². The van der Waals surface area contributed by atoms with E-state index < -0.39 is 5.97 Å². The van der Waals surface area contributed by atoms with E-state index in [2.05, 4.69) is 4.74 Å². The van der Waals surface area contributed by atoms with E-state index in [1.54, 1.807) is 0 Å². The molecule has 0 aliphatic heterocycles. The summed E-state index contributed by atoms with van der Waals surface area (Å²) >= 11 is 1.05. The zero-order valence-corrected chi connectivity index (χ0v) is 7.47. The Hall–Kier alpha value is -1.23. The largest absolute Gasteiger partial charge is 0.506 e. The first-order chi connectivity index (χ1) is 5.69. The van der Waals surface area contributed by atoms with Gasteiger partial charge in [0.25, 0.3) is 0 Å². The summed E-state index contributed by atoms with van der Waals surface area (Å²) in [4.78, 5) is 11.1. The Kier molecular flexibility index (Phi) is 2.54. The number of carbonyl (C=O) groups excluding carboxylic acids is 1. The van der Waals surface area contributed by atoms with Crippen molar-refractivity contribution in [1.29, 1.82) is 0 Å². The van der Waals surface area contributed by atoms with Crippen LogP contribution in [0.5, 0.6) is 10.8 Å². The van der Waals surface area contributed by atoms with Crippen molar-refractivity contribution in [3.05, 3.63) is 10.9 Å². The molecule has 12 heavy (non-hydrogen) atoms. The van der Waals surface area contributed by atoms with Gasteiger partial charge in [-0.1, -0.05) is 11.3 Å². The fourth-order valence-corrected chi connectivity index (χ4v) is 1.48. The SMILES string of the molecule is COC(=O)c1sc(OC)cc1O. The number of aromatic hydroxyl groups is 1. The summed E-state index contributed by atoms with van der Waals surface area (Å²) in [5.74, 6) is -0.662. The Bertz CT molecular complexity index is 292. The Balaban J connectivity index is 2.99. The minimum atomic E-state index is -0.555. The third-order valence-corrected chi connectivity index (χ3v) is 2.33. The van der Waals surface area contributed by atoms with Crippen LogP contribution >= 0.6 is 11.3 Å². The van der Waals surface area contributed by atoms with Crippen LogP contribution in [0.3, 0.4) is 0 Å². The third-order valence-electron chi connectivity index (χ3n) is 1.26. The Morgan fingerprint density at radius 1 is 1.58 bits per heavy atom. The van der Waals surface area contributed by atoms with E-state index in [4.69, 9.17) is 4.74 Å². The maximum Gasteiger partial charge on any atom is 0.352 e. The van der Waals surface area contributed by atoms with Crippen molar-refractivity contribution < 1.29 is 19.4 Å². The number of ether oxygens (including phenoxy) is 2. The van der Waals surface area contributed by atoms with E-state index >= 15 is 0 Å². The molecular formula is C7H8O4S. The summed E-state index contributed by atoms with van der Waals surface area (Å²) in [7, 11) is 2.72. The smallest absolute Gasteiger partial charge is 0.352 e. The Labute approximate surface area is 73.3 Å². The van der Waals surface area contributed by atoms with Crippen molar-refractivity contribution in [2.24, 2.45) is 0 Å². The highest BCUT2D eigenvalue weighted by atomic mass is 32.1. The number of thiophene rings is 1. The molecule has 0 aromatic carbocycles. The van der Waals surface area contributed by atoms with Gasteiger partial charge in [0.05, 0.1) is 14.2 Å². The van der Waals surface area contributed by atoms with Crippen LogP contribution in [-0.4, -0.2) is 25.3 Å². The van der Waals surface area contributed by atoms with Crippen LogP contribution in [0.1, 0.15) is 9.67 Å². The quantitative estimate of drug-likeness (QED) is 0.709. The van der Waals surface area contributed by atoms with Gasteiger partial charge in [-0.2, -0.15) is 0 Å². The second-order valence-electron chi connectivity index (χ2n) is 1.98. The molecule has 0 aliphatic carbocycles. The van der Waals surface area contributed by atoms with E-state index in [-0.39, 0.29) is 10.6 Å². The van der Waals surface area contributed by atoms with Crippen LogP contribution in [0.4, 0.5) is 0 Å². The van der Waals surface area contributed by atoms with Crippen molar-refractivity contribution in [1.82, 2.24) is 0 Å². The van der Waals surface area contributed by atoms with Crippen LogP contribution in [0.15, 0.2) is 6.07 Å². The fraction of sp³-hybridized carbons (Fsp3) is 0.286. The van der Waals surface area contributed by atoms with Gasteiger partial charge in [0.2, 0.25) is 0 Å². The summed E-state index contributed by atoms with van der Waals surface area (Å²) in [5.41, 5.74) is 0. The predicted octanol–water partition coefficient (Wildman–Crippen LogP) is 1.25. The van der Waals surface area contributed by atoms with Gasteiger partial charge in [-0.15, -0.1) is 0 Å². The zero-order valence-electron chi connectivity index (χ0n) is 6.66. The molecule has 0 bridgehead atoms. The van der Waals surface area contributed by atoms with Crippen molar-refractivity contribution in [3.8, 4) is 10.8 Å². The van der Waals surface area contributed by atoms with E-state index in [1.807, 2.05) is 0 Å². The first-order valence-corrected chi connectivity index (χ1v) is 3.95. The number of esters is 1. The molecule has 0 atom stereocenters. The minimum absolute atomic E-state index is 0.108. The highest BCUT2D eigenvalue weighted by Crippen LogP contribution is 2.34. The van der Waals surface area contributed by atoms with Crippen LogP contribution in [0, 0.1) is 0 Å². The Morgan fingerprint density at radius 3 is 2.67 bits per heavy atom. The molecule has 0 amide bonds. The minimum Gasteiger partial charge on any atom is -0.506 e. The predicted molar refractivity (Wildman–Crippen MR) is 43.9 cm³/mol. The summed E-state index contributed by atoms with van der Waals surface area (Å²) in [5, 5.41) is 9.67. The molecule has 0 radical (unpaired) electrons. The number of methoxy groups -OCH3 is 2. The van der Waals surface area contributed by atoms with Crippen molar-refractivity contribution in [3.63, 3.8) is 0 Å². The van der Waals surface area contributed by atoms with Gasteiger partial charge in [-0.05, 0) is 0 Å². The van der Waals surface area contributed by atoms with Gasteiger partial charge >= 0.3 is 5.97 Å². The first kappa shape index (κ1) is 8.86. The number of carbonyl (C=O) groups is 1. The molecule has 0 fully saturated rings. The molecule has 1 N–H and O–H groups in total. The maximum atomic E-state index is 10.9. The third kappa shape index (κ3) is 1.50. The molecule has 1 heterocycles. The summed E-state index contributed by atoms with van der Waals surface area (Å²) in [6.45, 7) is 0. The average molecular weight is 188 g/mol. The van der Waals surface area contributed by atoms with Gasteiger partial charge < -0.3 is 14.6 Å². The Morgan fingerprint density at radius 2 is 2.25 bits per heavy atom. The molecule has 0 saturated carbocycles. The van der Waals surface area contributed by atoms with Crippen LogP contribution < -0.4 is 4.74 Å². The molecule has 1 rings (SSSR count). The lowest BCUT2D eigenvalue weighted by atomic mass is 10.4. The lowest BCUT2D eigenvalue weighted by Crippen LogP contribution is -1.97. The fourth-order valence-electron chi connectivity index (χ4n) is 0.699. The van der Waals surface area contributed by atoms with Crippen LogP contribution in [0.25, 0.3) is 0 Å². The van der Waals surface area contributed by atoms with Gasteiger partial charge in [0.15, 0.2) is 9.94 Å². The molecule has 66 valence electrons. The second-order valence-corrected chi connectivity index (χ2v) is 2.99. The van der Waals surface area contributed by atoms with E-state index in [0.29, 0.717) is 5.06 Å². The topological polar surface area (TPSA) is 55.8 Å². The van der Waals surface area contributed by atoms with Gasteiger partial charge in [0.1, 0.15) is 5.75 Å². The average Bonchev–Trinajstić information content (AvgIpc) is 2.45. The van der Waals surface area contributed by atoms with E-state index in [0.717, 1.165) is 11.3 Å². The molecule has 0 saturated heterocycles. The zero-order chi connectivity index (χ0) is 9.14. The number of hydrogen-bond acceptors (Lipinski definition) is 5. The van der Waals surface area contributed by atoms with E-state index in [1.165, 1.54) is 20.3 Å². The summed E-state index contributed by atoms with van der Waals surface area (Å²) < 4.78 is 9.25. The molecule has 0 aliphatic rings. The standard InChI is InChI=1S/C7H8O4S/c1-10-5-3-4(8)6(12-5)7(9)11-2/h3,8H,1-2H3. The van der Waals surface area contributed by atoms with Crippen LogP contribution in [-0.2, 0) is 4.74 Å². The summed E-state index contributed by atoms with van der Waals surface area (Å²) in [6, 6.07) is 1.37. The molecule has 5 heteroatoms. The molecule has 0 spiro atoms. The summed E-state index contributed by atoms with van der Waals surface area (Å²) in [6.07, 6.45) is 0. The first-order valence-electron chi connectivity index (χ1n) is 3.14. The number of hydrogen-bond donors (Lipinski definition) is 1. The highest BCUT2D eigenvalue weighted by molar-refractivity contribution is 7.16. The lowest BCUT2D eigenvalue weighted by molar-refractivity contribution is 0.0603.